The number of halogens is 2. The molecule has 0 bridgehead atoms. The lowest BCUT2D eigenvalue weighted by atomic mass is 9.95. The van der Waals surface area contributed by atoms with Crippen molar-refractivity contribution < 1.29 is 9.50 Å². The first-order valence-corrected chi connectivity index (χ1v) is 5.95. The van der Waals surface area contributed by atoms with Crippen LogP contribution in [-0.2, 0) is 0 Å². The van der Waals surface area contributed by atoms with Crippen molar-refractivity contribution in [3.05, 3.63) is 28.0 Å². The molecule has 0 spiro atoms. The molecule has 0 heterocycles. The third-order valence-electron chi connectivity index (χ3n) is 2.45. The lowest BCUT2D eigenvalue weighted by Gasteiger charge is -2.23. The van der Waals surface area contributed by atoms with E-state index in [1.807, 2.05) is 20.8 Å². The predicted octanol–water partition coefficient (Wildman–Crippen LogP) is 3.33. The van der Waals surface area contributed by atoms with Crippen molar-refractivity contribution in [2.45, 2.75) is 20.8 Å². The molecule has 1 aromatic carbocycles. The molecule has 0 unspecified atom stereocenters. The van der Waals surface area contributed by atoms with Crippen LogP contribution in [-0.4, -0.2) is 18.3 Å². The number of nitrogens with one attached hydrogen (secondary N) is 1. The fourth-order valence-corrected chi connectivity index (χ4v) is 1.57. The van der Waals surface area contributed by atoms with E-state index >= 15 is 0 Å². The largest absolute Gasteiger partial charge is 0.396 e. The van der Waals surface area contributed by atoms with Crippen LogP contribution in [0.2, 0.25) is 0 Å². The molecular weight excluding hydrogens is 273 g/mol. The summed E-state index contributed by atoms with van der Waals surface area (Å²) in [6, 6.07) is 3.20. The zero-order valence-corrected chi connectivity index (χ0v) is 11.4. The molecule has 0 saturated heterocycles. The van der Waals surface area contributed by atoms with Crippen molar-refractivity contribution in [3.8, 4) is 0 Å². The number of aliphatic hydroxyl groups excluding tert-OH is 1. The molecule has 16 heavy (non-hydrogen) atoms. The topological polar surface area (TPSA) is 32.3 Å². The highest BCUT2D eigenvalue weighted by atomic mass is 79.9. The summed E-state index contributed by atoms with van der Waals surface area (Å²) in [4.78, 5) is 0. The van der Waals surface area contributed by atoms with Gasteiger partial charge in [0.25, 0.3) is 0 Å². The zero-order valence-electron chi connectivity index (χ0n) is 9.77. The number of aryl methyl sites for hydroxylation is 1. The average Bonchev–Trinajstić information content (AvgIpc) is 2.22. The van der Waals surface area contributed by atoms with Gasteiger partial charge in [-0.2, -0.15) is 0 Å². The van der Waals surface area contributed by atoms with Gasteiger partial charge in [-0.1, -0.05) is 13.8 Å². The van der Waals surface area contributed by atoms with Gasteiger partial charge >= 0.3 is 0 Å². The van der Waals surface area contributed by atoms with Gasteiger partial charge in [0.05, 0.1) is 4.47 Å². The molecule has 90 valence electrons. The monoisotopic (exact) mass is 289 g/mol. The number of hydrogen-bond donors (Lipinski definition) is 2. The molecule has 2 N–H and O–H groups in total. The maximum absolute atomic E-state index is 13.2. The van der Waals surface area contributed by atoms with E-state index in [1.54, 1.807) is 6.07 Å². The van der Waals surface area contributed by atoms with Gasteiger partial charge in [-0.3, -0.25) is 0 Å². The van der Waals surface area contributed by atoms with Crippen molar-refractivity contribution >= 4 is 21.6 Å². The SMILES string of the molecule is Cc1cc(F)c(Br)cc1NCC(C)(C)CO. The van der Waals surface area contributed by atoms with Gasteiger partial charge in [0, 0.05) is 24.3 Å². The molecule has 1 rings (SSSR count). The molecule has 1 aromatic rings. The lowest BCUT2D eigenvalue weighted by Crippen LogP contribution is -2.27. The predicted molar refractivity (Wildman–Crippen MR) is 68.2 cm³/mol. The second-order valence-electron chi connectivity index (χ2n) is 4.76. The number of rotatable bonds is 4. The van der Waals surface area contributed by atoms with E-state index in [1.165, 1.54) is 6.07 Å². The van der Waals surface area contributed by atoms with E-state index in [4.69, 9.17) is 5.11 Å². The Morgan fingerprint density at radius 1 is 1.44 bits per heavy atom. The minimum absolute atomic E-state index is 0.113. The fourth-order valence-electron chi connectivity index (χ4n) is 1.23. The summed E-state index contributed by atoms with van der Waals surface area (Å²) in [6.07, 6.45) is 0. The van der Waals surface area contributed by atoms with Crippen LogP contribution in [0.4, 0.5) is 10.1 Å². The Morgan fingerprint density at radius 3 is 2.62 bits per heavy atom. The molecule has 0 radical (unpaired) electrons. The Labute approximate surface area is 104 Å². The van der Waals surface area contributed by atoms with Crippen molar-refractivity contribution in [2.75, 3.05) is 18.5 Å². The lowest BCUT2D eigenvalue weighted by molar-refractivity contribution is 0.171. The Kier molecular flexibility index (Phi) is 4.33. The minimum atomic E-state index is -0.260. The third-order valence-corrected chi connectivity index (χ3v) is 3.06. The van der Waals surface area contributed by atoms with E-state index < -0.39 is 0 Å². The smallest absolute Gasteiger partial charge is 0.137 e. The van der Waals surface area contributed by atoms with Crippen molar-refractivity contribution in [1.29, 1.82) is 0 Å². The van der Waals surface area contributed by atoms with Crippen molar-refractivity contribution in [1.82, 2.24) is 0 Å². The Hall–Kier alpha value is -0.610. The van der Waals surface area contributed by atoms with Crippen LogP contribution in [0.1, 0.15) is 19.4 Å². The minimum Gasteiger partial charge on any atom is -0.396 e. The highest BCUT2D eigenvalue weighted by Gasteiger charge is 2.16. The van der Waals surface area contributed by atoms with Crippen LogP contribution in [0.5, 0.6) is 0 Å². The first kappa shape index (κ1) is 13.5. The average molecular weight is 290 g/mol. The molecule has 0 aromatic heterocycles. The molecule has 0 aliphatic rings. The van der Waals surface area contributed by atoms with E-state index in [0.29, 0.717) is 11.0 Å². The van der Waals surface area contributed by atoms with Crippen LogP contribution in [0.3, 0.4) is 0 Å². The fraction of sp³-hybridized carbons (Fsp3) is 0.500. The van der Waals surface area contributed by atoms with Gasteiger partial charge in [0.15, 0.2) is 0 Å². The molecule has 0 atom stereocenters. The van der Waals surface area contributed by atoms with Gasteiger partial charge in [-0.15, -0.1) is 0 Å². The standard InChI is InChI=1S/C12H17BrFNO/c1-8-4-10(14)9(13)5-11(8)15-6-12(2,3)7-16/h4-5,15-16H,6-7H2,1-3H3. The summed E-state index contributed by atoms with van der Waals surface area (Å²) < 4.78 is 13.6. The van der Waals surface area contributed by atoms with E-state index in [0.717, 1.165) is 11.3 Å². The summed E-state index contributed by atoms with van der Waals surface area (Å²) in [5, 5.41) is 12.3. The number of hydrogen-bond acceptors (Lipinski definition) is 2. The van der Waals surface area contributed by atoms with Crippen LogP contribution in [0.15, 0.2) is 16.6 Å². The molecule has 2 nitrogen and oxygen atoms in total. The van der Waals surface area contributed by atoms with Crippen LogP contribution in [0.25, 0.3) is 0 Å². The first-order chi connectivity index (χ1) is 7.35. The van der Waals surface area contributed by atoms with E-state index in [9.17, 15) is 4.39 Å². The second-order valence-corrected chi connectivity index (χ2v) is 5.61. The van der Waals surface area contributed by atoms with Crippen LogP contribution < -0.4 is 5.32 Å². The summed E-state index contributed by atoms with van der Waals surface area (Å²) in [5.74, 6) is -0.260. The Morgan fingerprint density at radius 2 is 2.06 bits per heavy atom. The molecule has 0 aliphatic carbocycles. The highest BCUT2D eigenvalue weighted by Crippen LogP contribution is 2.25. The maximum atomic E-state index is 13.2. The number of anilines is 1. The van der Waals surface area contributed by atoms with Crippen LogP contribution >= 0.6 is 15.9 Å². The van der Waals surface area contributed by atoms with E-state index in [2.05, 4.69) is 21.2 Å². The summed E-state index contributed by atoms with van der Waals surface area (Å²) in [6.45, 7) is 6.54. The normalized spacial score (nSPS) is 11.6. The molecule has 0 fully saturated rings. The molecule has 0 amide bonds. The van der Waals surface area contributed by atoms with E-state index in [-0.39, 0.29) is 17.8 Å². The van der Waals surface area contributed by atoms with Gasteiger partial charge in [0.2, 0.25) is 0 Å². The second kappa shape index (κ2) is 5.15. The maximum Gasteiger partial charge on any atom is 0.137 e. The number of aliphatic hydroxyl groups is 1. The van der Waals surface area contributed by atoms with Gasteiger partial charge in [0.1, 0.15) is 5.82 Å². The van der Waals surface area contributed by atoms with Crippen LogP contribution in [0, 0.1) is 18.2 Å². The summed E-state index contributed by atoms with van der Waals surface area (Å²) >= 11 is 3.15. The number of benzene rings is 1. The van der Waals surface area contributed by atoms with Gasteiger partial charge < -0.3 is 10.4 Å². The molecule has 0 saturated carbocycles. The first-order valence-electron chi connectivity index (χ1n) is 5.16. The third kappa shape index (κ3) is 3.46. The Balaban J connectivity index is 2.79. The van der Waals surface area contributed by atoms with Crippen molar-refractivity contribution in [3.63, 3.8) is 0 Å². The quantitative estimate of drug-likeness (QED) is 0.891. The van der Waals surface area contributed by atoms with Crippen molar-refractivity contribution in [2.24, 2.45) is 5.41 Å². The zero-order chi connectivity index (χ0) is 12.3. The summed E-state index contributed by atoms with van der Waals surface area (Å²) in [5.41, 5.74) is 1.55. The Bertz CT molecular complexity index is 380. The molecule has 0 aliphatic heterocycles. The highest BCUT2D eigenvalue weighted by molar-refractivity contribution is 9.10. The molecule has 4 heteroatoms. The summed E-state index contributed by atoms with van der Waals surface area (Å²) in [7, 11) is 0. The molecular formula is C12H17BrFNO. The van der Waals surface area contributed by atoms with Gasteiger partial charge in [-0.25, -0.2) is 4.39 Å². The van der Waals surface area contributed by atoms with Gasteiger partial charge in [-0.05, 0) is 40.5 Å².